The number of nitrogens with one attached hydrogen (secondary N) is 1. The third-order valence-corrected chi connectivity index (χ3v) is 3.73. The van der Waals surface area contributed by atoms with Crippen molar-refractivity contribution in [1.29, 1.82) is 0 Å². The van der Waals surface area contributed by atoms with Gasteiger partial charge in [0.2, 0.25) is 0 Å². The number of amides is 1. The van der Waals surface area contributed by atoms with Crippen molar-refractivity contribution in [3.8, 4) is 17.2 Å². The van der Waals surface area contributed by atoms with E-state index in [0.717, 1.165) is 16.7 Å². The average molecular weight is 342 g/mol. The molecule has 132 valence electrons. The number of carbonyl (C=O) groups excluding carboxylic acids is 1. The third-order valence-electron chi connectivity index (χ3n) is 3.73. The monoisotopic (exact) mass is 342 g/mol. The van der Waals surface area contributed by atoms with Crippen LogP contribution in [0.25, 0.3) is 0 Å². The number of aryl methyl sites for hydroxylation is 2. The van der Waals surface area contributed by atoms with Crippen LogP contribution in [-0.4, -0.2) is 30.9 Å². The van der Waals surface area contributed by atoms with E-state index in [2.05, 4.69) is 16.6 Å². The van der Waals surface area contributed by atoms with Crippen molar-refractivity contribution in [3.63, 3.8) is 0 Å². The van der Waals surface area contributed by atoms with E-state index in [1.54, 1.807) is 12.1 Å². The maximum absolute atomic E-state index is 11.8. The van der Waals surface area contributed by atoms with Gasteiger partial charge in [-0.3, -0.25) is 4.79 Å². The van der Waals surface area contributed by atoms with Crippen LogP contribution < -0.4 is 14.9 Å². The van der Waals surface area contributed by atoms with Gasteiger partial charge in [0.1, 0.15) is 5.75 Å². The molecule has 0 saturated heterocycles. The van der Waals surface area contributed by atoms with Crippen LogP contribution in [0.2, 0.25) is 0 Å². The zero-order valence-electron chi connectivity index (χ0n) is 14.8. The number of aromatic hydroxyl groups is 1. The lowest BCUT2D eigenvalue weighted by molar-refractivity contribution is -0.123. The van der Waals surface area contributed by atoms with Crippen LogP contribution in [0.15, 0.2) is 35.4 Å². The fourth-order valence-corrected chi connectivity index (χ4v) is 2.29. The Morgan fingerprint density at radius 1 is 1.20 bits per heavy atom. The van der Waals surface area contributed by atoms with Crippen LogP contribution in [0.1, 0.15) is 22.3 Å². The van der Waals surface area contributed by atoms with Crippen molar-refractivity contribution in [2.45, 2.75) is 20.8 Å². The van der Waals surface area contributed by atoms with Gasteiger partial charge in [-0.2, -0.15) is 5.10 Å². The molecule has 0 aliphatic heterocycles. The van der Waals surface area contributed by atoms with Gasteiger partial charge in [0, 0.05) is 0 Å². The summed E-state index contributed by atoms with van der Waals surface area (Å²) in [6.45, 7) is 5.81. The molecule has 2 N–H and O–H groups in total. The van der Waals surface area contributed by atoms with Gasteiger partial charge in [-0.1, -0.05) is 6.07 Å². The van der Waals surface area contributed by atoms with Gasteiger partial charge in [-0.15, -0.1) is 0 Å². The molecule has 0 radical (unpaired) electrons. The van der Waals surface area contributed by atoms with Crippen LogP contribution in [-0.2, 0) is 4.79 Å². The zero-order chi connectivity index (χ0) is 18.4. The smallest absolute Gasteiger partial charge is 0.277 e. The molecule has 0 aliphatic carbocycles. The first-order valence-electron chi connectivity index (χ1n) is 7.80. The second-order valence-corrected chi connectivity index (χ2v) is 5.72. The van der Waals surface area contributed by atoms with Crippen LogP contribution in [0, 0.1) is 20.8 Å². The Kier molecular flexibility index (Phi) is 6.00. The van der Waals surface area contributed by atoms with Crippen molar-refractivity contribution in [2.75, 3.05) is 13.7 Å². The van der Waals surface area contributed by atoms with Crippen LogP contribution in [0.4, 0.5) is 0 Å². The first-order chi connectivity index (χ1) is 11.9. The number of nitrogens with zero attached hydrogens (tertiary/aromatic N) is 1. The highest BCUT2D eigenvalue weighted by molar-refractivity contribution is 5.83. The summed E-state index contributed by atoms with van der Waals surface area (Å²) in [5.41, 5.74) is 6.23. The van der Waals surface area contributed by atoms with Crippen molar-refractivity contribution >= 4 is 12.1 Å². The number of phenols is 1. The molecule has 0 atom stereocenters. The molecule has 0 aromatic heterocycles. The first-order valence-corrected chi connectivity index (χ1v) is 7.80. The lowest BCUT2D eigenvalue weighted by Gasteiger charge is -2.11. The molecule has 0 aliphatic rings. The fraction of sp³-hybridized carbons (Fsp3) is 0.263. The molecule has 6 nitrogen and oxygen atoms in total. The van der Waals surface area contributed by atoms with Gasteiger partial charge in [0.05, 0.1) is 13.3 Å². The molecular weight excluding hydrogens is 320 g/mol. The Morgan fingerprint density at radius 2 is 1.96 bits per heavy atom. The summed E-state index contributed by atoms with van der Waals surface area (Å²) in [4.78, 5) is 11.8. The van der Waals surface area contributed by atoms with E-state index in [1.165, 1.54) is 19.4 Å². The van der Waals surface area contributed by atoms with Crippen molar-refractivity contribution < 1.29 is 19.4 Å². The highest BCUT2D eigenvalue weighted by Crippen LogP contribution is 2.25. The largest absolute Gasteiger partial charge is 0.504 e. The van der Waals surface area contributed by atoms with E-state index in [0.29, 0.717) is 17.1 Å². The van der Waals surface area contributed by atoms with E-state index in [4.69, 9.17) is 9.47 Å². The van der Waals surface area contributed by atoms with Gasteiger partial charge in [0.15, 0.2) is 18.1 Å². The van der Waals surface area contributed by atoms with Gasteiger partial charge in [-0.05, 0) is 67.3 Å². The van der Waals surface area contributed by atoms with Crippen molar-refractivity contribution in [2.24, 2.45) is 5.10 Å². The maximum atomic E-state index is 11.8. The number of hydrogen-bond acceptors (Lipinski definition) is 5. The summed E-state index contributed by atoms with van der Waals surface area (Å²) >= 11 is 0. The minimum absolute atomic E-state index is 0.00593. The molecule has 0 unspecified atom stereocenters. The quantitative estimate of drug-likeness (QED) is 0.625. The highest BCUT2D eigenvalue weighted by atomic mass is 16.5. The molecule has 2 aromatic rings. The molecule has 0 heterocycles. The Morgan fingerprint density at radius 3 is 2.64 bits per heavy atom. The molecule has 0 bridgehead atoms. The molecule has 2 aromatic carbocycles. The SMILES string of the molecule is COc1ccc(/C=N/NC(=O)COc2cc(C)cc(C)c2C)cc1O. The second-order valence-electron chi connectivity index (χ2n) is 5.72. The van der Waals surface area contributed by atoms with E-state index < -0.39 is 0 Å². The highest BCUT2D eigenvalue weighted by Gasteiger charge is 2.07. The van der Waals surface area contributed by atoms with Crippen molar-refractivity contribution in [1.82, 2.24) is 5.43 Å². The van der Waals surface area contributed by atoms with Gasteiger partial charge < -0.3 is 14.6 Å². The molecule has 0 fully saturated rings. The molecule has 25 heavy (non-hydrogen) atoms. The number of phenolic OH excluding ortho intramolecular Hbond substituents is 1. The summed E-state index contributed by atoms with van der Waals surface area (Å²) in [5, 5.41) is 13.5. The lowest BCUT2D eigenvalue weighted by Crippen LogP contribution is -2.24. The predicted molar refractivity (Wildman–Crippen MR) is 96.5 cm³/mol. The van der Waals surface area contributed by atoms with E-state index in [-0.39, 0.29) is 18.3 Å². The Bertz CT molecular complexity index is 800. The number of methoxy groups -OCH3 is 1. The molecule has 0 saturated carbocycles. The summed E-state index contributed by atoms with van der Waals surface area (Å²) in [6, 6.07) is 8.79. The Hall–Kier alpha value is -3.02. The van der Waals surface area contributed by atoms with Crippen molar-refractivity contribution in [3.05, 3.63) is 52.6 Å². The van der Waals surface area contributed by atoms with Crippen LogP contribution in [0.5, 0.6) is 17.2 Å². The molecular formula is C19H22N2O4. The first kappa shape index (κ1) is 18.3. The van der Waals surface area contributed by atoms with E-state index >= 15 is 0 Å². The molecule has 2 rings (SSSR count). The number of hydrazone groups is 1. The minimum Gasteiger partial charge on any atom is -0.504 e. The van der Waals surface area contributed by atoms with E-state index in [9.17, 15) is 9.90 Å². The molecule has 0 spiro atoms. The van der Waals surface area contributed by atoms with Crippen LogP contribution >= 0.6 is 0 Å². The number of benzene rings is 2. The third kappa shape index (κ3) is 4.97. The summed E-state index contributed by atoms with van der Waals surface area (Å²) in [5.74, 6) is 0.703. The van der Waals surface area contributed by atoms with Gasteiger partial charge in [-0.25, -0.2) is 5.43 Å². The van der Waals surface area contributed by atoms with Gasteiger partial charge in [0.25, 0.3) is 5.91 Å². The zero-order valence-corrected chi connectivity index (χ0v) is 14.8. The average Bonchev–Trinajstić information content (AvgIpc) is 2.57. The normalized spacial score (nSPS) is 10.7. The number of hydrogen-bond donors (Lipinski definition) is 2. The van der Waals surface area contributed by atoms with E-state index in [1.807, 2.05) is 26.8 Å². The predicted octanol–water partition coefficient (Wildman–Crippen LogP) is 2.86. The maximum Gasteiger partial charge on any atom is 0.277 e. The summed E-state index contributed by atoms with van der Waals surface area (Å²) in [7, 11) is 1.47. The Balaban J connectivity index is 1.90. The second kappa shape index (κ2) is 8.19. The number of ether oxygens (including phenoxy) is 2. The summed E-state index contributed by atoms with van der Waals surface area (Å²) < 4.78 is 10.5. The lowest BCUT2D eigenvalue weighted by atomic mass is 10.1. The fourth-order valence-electron chi connectivity index (χ4n) is 2.29. The standard InChI is InChI=1S/C19H22N2O4/c1-12-7-13(2)14(3)18(8-12)25-11-19(23)21-20-10-15-5-6-17(24-4)16(22)9-15/h5-10,22H,11H2,1-4H3,(H,21,23)/b20-10+. The van der Waals surface area contributed by atoms with Gasteiger partial charge >= 0.3 is 0 Å². The number of carbonyl (C=O) groups is 1. The molecule has 1 amide bonds. The topological polar surface area (TPSA) is 80.2 Å². The minimum atomic E-state index is -0.368. The molecule has 6 heteroatoms. The summed E-state index contributed by atoms with van der Waals surface area (Å²) in [6.07, 6.45) is 1.43. The number of rotatable bonds is 6. The Labute approximate surface area is 147 Å². The van der Waals surface area contributed by atoms with Crippen LogP contribution in [0.3, 0.4) is 0 Å².